The summed E-state index contributed by atoms with van der Waals surface area (Å²) in [7, 11) is 2.05. The highest BCUT2D eigenvalue weighted by Crippen LogP contribution is 2.23. The Bertz CT molecular complexity index is 246. The van der Waals surface area contributed by atoms with E-state index < -0.39 is 0 Å². The number of rotatable bonds is 2. The Morgan fingerprint density at radius 3 is 2.25 bits per heavy atom. The van der Waals surface area contributed by atoms with E-state index in [0.717, 1.165) is 17.1 Å². The number of aromatic nitrogens is 1. The maximum atomic E-state index is 5.07. The molecule has 0 atom stereocenters. The summed E-state index contributed by atoms with van der Waals surface area (Å²) in [6.45, 7) is 8.19. The maximum Gasteiger partial charge on any atom is 0.157 e. The highest BCUT2D eigenvalue weighted by atomic mass is 16.5. The third-order valence-electron chi connectivity index (χ3n) is 2.12. The molecular formula is C9H16N2O. The van der Waals surface area contributed by atoms with Crippen molar-refractivity contribution < 1.29 is 4.52 Å². The van der Waals surface area contributed by atoms with Gasteiger partial charge >= 0.3 is 0 Å². The van der Waals surface area contributed by atoms with Crippen LogP contribution in [0.5, 0.6) is 0 Å². The second kappa shape index (κ2) is 3.17. The normalized spacial score (nSPS) is 10.8. The van der Waals surface area contributed by atoms with Crippen molar-refractivity contribution in [1.29, 1.82) is 0 Å². The molecule has 0 unspecified atom stereocenters. The largest absolute Gasteiger partial charge is 0.368 e. The number of nitrogens with zero attached hydrogens (tertiary/aromatic N) is 2. The second-order valence-electron chi connectivity index (χ2n) is 3.38. The first-order valence-electron chi connectivity index (χ1n) is 4.19. The molecule has 0 aliphatic carbocycles. The van der Waals surface area contributed by atoms with E-state index in [1.165, 1.54) is 0 Å². The van der Waals surface area contributed by atoms with E-state index in [4.69, 9.17) is 4.52 Å². The molecule has 0 saturated carbocycles. The molecule has 0 aliphatic heterocycles. The van der Waals surface area contributed by atoms with E-state index in [1.807, 2.05) is 13.8 Å². The smallest absolute Gasteiger partial charge is 0.157 e. The first-order chi connectivity index (χ1) is 5.54. The first-order valence-corrected chi connectivity index (χ1v) is 4.19. The molecule has 1 heterocycles. The molecule has 1 rings (SSSR count). The number of anilines is 1. The van der Waals surface area contributed by atoms with E-state index in [0.29, 0.717) is 6.04 Å². The molecule has 0 aliphatic rings. The monoisotopic (exact) mass is 168 g/mol. The van der Waals surface area contributed by atoms with Crippen molar-refractivity contribution in [3.8, 4) is 0 Å². The lowest BCUT2D eigenvalue weighted by atomic mass is 10.2. The van der Waals surface area contributed by atoms with Gasteiger partial charge in [0.05, 0.1) is 0 Å². The van der Waals surface area contributed by atoms with Gasteiger partial charge in [0.15, 0.2) is 5.76 Å². The molecule has 0 bridgehead atoms. The van der Waals surface area contributed by atoms with Crippen LogP contribution in [0.25, 0.3) is 0 Å². The quantitative estimate of drug-likeness (QED) is 0.677. The summed E-state index contributed by atoms with van der Waals surface area (Å²) < 4.78 is 5.07. The molecule has 1 aromatic rings. The summed E-state index contributed by atoms with van der Waals surface area (Å²) in [5, 5.41) is 3.90. The Morgan fingerprint density at radius 2 is 1.92 bits per heavy atom. The third kappa shape index (κ3) is 1.44. The SMILES string of the molecule is Cc1noc(C)c1N(C)C(C)C. The van der Waals surface area contributed by atoms with Gasteiger partial charge in [0, 0.05) is 13.1 Å². The van der Waals surface area contributed by atoms with Crippen LogP contribution in [0.2, 0.25) is 0 Å². The molecule has 3 nitrogen and oxygen atoms in total. The minimum Gasteiger partial charge on any atom is -0.368 e. The maximum absolute atomic E-state index is 5.07. The summed E-state index contributed by atoms with van der Waals surface area (Å²) in [4.78, 5) is 2.17. The van der Waals surface area contributed by atoms with Crippen LogP contribution >= 0.6 is 0 Å². The van der Waals surface area contributed by atoms with Crippen molar-refractivity contribution in [2.75, 3.05) is 11.9 Å². The van der Waals surface area contributed by atoms with Crippen molar-refractivity contribution in [3.63, 3.8) is 0 Å². The zero-order valence-electron chi connectivity index (χ0n) is 8.38. The predicted molar refractivity (Wildman–Crippen MR) is 49.5 cm³/mol. The molecule has 1 aromatic heterocycles. The number of hydrogen-bond donors (Lipinski definition) is 0. The van der Waals surface area contributed by atoms with Crippen molar-refractivity contribution in [3.05, 3.63) is 11.5 Å². The Labute approximate surface area is 73.3 Å². The van der Waals surface area contributed by atoms with Crippen molar-refractivity contribution >= 4 is 5.69 Å². The van der Waals surface area contributed by atoms with Gasteiger partial charge in [-0.15, -0.1) is 0 Å². The van der Waals surface area contributed by atoms with Crippen LogP contribution < -0.4 is 4.90 Å². The number of hydrogen-bond acceptors (Lipinski definition) is 3. The molecule has 0 fully saturated rings. The molecular weight excluding hydrogens is 152 g/mol. The molecule has 0 saturated heterocycles. The molecule has 0 spiro atoms. The number of aryl methyl sites for hydroxylation is 2. The lowest BCUT2D eigenvalue weighted by Crippen LogP contribution is -2.26. The zero-order chi connectivity index (χ0) is 9.30. The Balaban J connectivity index is 3.00. The molecule has 0 amide bonds. The minimum atomic E-state index is 0.474. The topological polar surface area (TPSA) is 29.3 Å². The van der Waals surface area contributed by atoms with Crippen molar-refractivity contribution in [1.82, 2.24) is 5.16 Å². The second-order valence-corrected chi connectivity index (χ2v) is 3.38. The van der Waals surface area contributed by atoms with Gasteiger partial charge in [-0.1, -0.05) is 5.16 Å². The summed E-state index contributed by atoms with van der Waals surface area (Å²) in [6.07, 6.45) is 0. The lowest BCUT2D eigenvalue weighted by molar-refractivity contribution is 0.393. The molecule has 68 valence electrons. The molecule has 0 N–H and O–H groups in total. The first kappa shape index (κ1) is 9.10. The molecule has 0 aromatic carbocycles. The summed E-state index contributed by atoms with van der Waals surface area (Å²) >= 11 is 0. The Hall–Kier alpha value is -0.990. The fourth-order valence-corrected chi connectivity index (χ4v) is 1.24. The van der Waals surface area contributed by atoms with E-state index >= 15 is 0 Å². The van der Waals surface area contributed by atoms with Gasteiger partial charge in [0.25, 0.3) is 0 Å². The summed E-state index contributed by atoms with van der Waals surface area (Å²) in [5.41, 5.74) is 2.08. The zero-order valence-corrected chi connectivity index (χ0v) is 8.38. The summed E-state index contributed by atoms with van der Waals surface area (Å²) in [6, 6.07) is 0.474. The van der Waals surface area contributed by atoms with Gasteiger partial charge in [0.1, 0.15) is 11.4 Å². The van der Waals surface area contributed by atoms with Crippen LogP contribution in [0.4, 0.5) is 5.69 Å². The van der Waals surface area contributed by atoms with Crippen LogP contribution in [0.1, 0.15) is 25.3 Å². The average molecular weight is 168 g/mol. The van der Waals surface area contributed by atoms with Crippen LogP contribution in [-0.2, 0) is 0 Å². The lowest BCUT2D eigenvalue weighted by Gasteiger charge is -2.22. The van der Waals surface area contributed by atoms with Gasteiger partial charge in [-0.3, -0.25) is 0 Å². The summed E-state index contributed by atoms with van der Waals surface area (Å²) in [5.74, 6) is 0.892. The average Bonchev–Trinajstić information content (AvgIpc) is 2.30. The van der Waals surface area contributed by atoms with E-state index in [-0.39, 0.29) is 0 Å². The van der Waals surface area contributed by atoms with Gasteiger partial charge < -0.3 is 9.42 Å². The highest BCUT2D eigenvalue weighted by Gasteiger charge is 2.14. The van der Waals surface area contributed by atoms with Crippen molar-refractivity contribution in [2.24, 2.45) is 0 Å². The van der Waals surface area contributed by atoms with Gasteiger partial charge in [-0.2, -0.15) is 0 Å². The van der Waals surface area contributed by atoms with Crippen LogP contribution in [0, 0.1) is 13.8 Å². The van der Waals surface area contributed by atoms with Crippen LogP contribution in [0.3, 0.4) is 0 Å². The van der Waals surface area contributed by atoms with Crippen LogP contribution in [-0.4, -0.2) is 18.2 Å². The standard InChI is InChI=1S/C9H16N2O/c1-6(2)11(5)9-7(3)10-12-8(9)4/h6H,1-5H3. The minimum absolute atomic E-state index is 0.474. The van der Waals surface area contributed by atoms with Gasteiger partial charge in [-0.05, 0) is 27.7 Å². The van der Waals surface area contributed by atoms with Crippen molar-refractivity contribution in [2.45, 2.75) is 33.7 Å². The predicted octanol–water partition coefficient (Wildman–Crippen LogP) is 2.14. The molecule has 3 heteroatoms. The van der Waals surface area contributed by atoms with Gasteiger partial charge in [0.2, 0.25) is 0 Å². The Morgan fingerprint density at radius 1 is 1.33 bits per heavy atom. The fourth-order valence-electron chi connectivity index (χ4n) is 1.24. The highest BCUT2D eigenvalue weighted by molar-refractivity contribution is 5.52. The Kier molecular flexibility index (Phi) is 2.40. The molecule has 12 heavy (non-hydrogen) atoms. The van der Waals surface area contributed by atoms with E-state index in [2.05, 4.69) is 31.0 Å². The van der Waals surface area contributed by atoms with E-state index in [9.17, 15) is 0 Å². The van der Waals surface area contributed by atoms with Gasteiger partial charge in [-0.25, -0.2) is 0 Å². The third-order valence-corrected chi connectivity index (χ3v) is 2.12. The van der Waals surface area contributed by atoms with E-state index in [1.54, 1.807) is 0 Å². The fraction of sp³-hybridized carbons (Fsp3) is 0.667. The molecule has 0 radical (unpaired) electrons. The van der Waals surface area contributed by atoms with Crippen LogP contribution in [0.15, 0.2) is 4.52 Å².